The van der Waals surface area contributed by atoms with Crippen LogP contribution < -0.4 is 4.90 Å². The number of halogens is 1. The first kappa shape index (κ1) is 10.7. The maximum Gasteiger partial charge on any atom is 0.148 e. The van der Waals surface area contributed by atoms with E-state index >= 15 is 0 Å². The third kappa shape index (κ3) is 2.18. The topological polar surface area (TPSA) is 38.2 Å². The monoisotopic (exact) mass is 249 g/mol. The molecular weight excluding hydrogens is 238 g/mol. The molecule has 0 atom stereocenters. The Kier molecular flexibility index (Phi) is 2.82. The van der Waals surface area contributed by atoms with E-state index in [0.29, 0.717) is 5.02 Å². The molecule has 1 saturated heterocycles. The normalized spacial score (nSPS) is 16.4. The SMILES string of the molecule is Clc1ccc2ncc(N3CCOCC3)nc2c1. The van der Waals surface area contributed by atoms with Gasteiger partial charge < -0.3 is 9.64 Å². The zero-order valence-electron chi connectivity index (χ0n) is 9.27. The Morgan fingerprint density at radius 1 is 1.18 bits per heavy atom. The average molecular weight is 250 g/mol. The van der Waals surface area contributed by atoms with Gasteiger partial charge in [-0.3, -0.25) is 4.98 Å². The van der Waals surface area contributed by atoms with Crippen molar-refractivity contribution in [2.24, 2.45) is 0 Å². The van der Waals surface area contributed by atoms with Crippen LogP contribution in [0.5, 0.6) is 0 Å². The number of ether oxygens (including phenoxy) is 1. The van der Waals surface area contributed by atoms with E-state index in [1.165, 1.54) is 0 Å². The number of hydrogen-bond acceptors (Lipinski definition) is 4. The van der Waals surface area contributed by atoms with Crippen LogP contribution in [-0.4, -0.2) is 36.3 Å². The Hall–Kier alpha value is -1.39. The molecule has 2 aromatic rings. The van der Waals surface area contributed by atoms with E-state index in [-0.39, 0.29) is 0 Å². The second-order valence-corrected chi connectivity index (χ2v) is 4.40. The number of aromatic nitrogens is 2. The predicted molar refractivity (Wildman–Crippen MR) is 67.6 cm³/mol. The van der Waals surface area contributed by atoms with Gasteiger partial charge in [0.1, 0.15) is 5.82 Å². The van der Waals surface area contributed by atoms with Crippen molar-refractivity contribution in [2.45, 2.75) is 0 Å². The Morgan fingerprint density at radius 3 is 2.82 bits per heavy atom. The van der Waals surface area contributed by atoms with Gasteiger partial charge in [-0.1, -0.05) is 11.6 Å². The molecule has 0 aliphatic carbocycles. The van der Waals surface area contributed by atoms with Crippen LogP contribution >= 0.6 is 11.6 Å². The summed E-state index contributed by atoms with van der Waals surface area (Å²) in [6.07, 6.45) is 1.81. The molecule has 17 heavy (non-hydrogen) atoms. The Balaban J connectivity index is 1.99. The van der Waals surface area contributed by atoms with E-state index in [1.54, 1.807) is 0 Å². The summed E-state index contributed by atoms with van der Waals surface area (Å²) < 4.78 is 5.32. The maximum atomic E-state index is 5.96. The van der Waals surface area contributed by atoms with Gasteiger partial charge in [-0.2, -0.15) is 0 Å². The van der Waals surface area contributed by atoms with Crippen LogP contribution in [0.1, 0.15) is 0 Å². The van der Waals surface area contributed by atoms with Gasteiger partial charge in [0.2, 0.25) is 0 Å². The van der Waals surface area contributed by atoms with Gasteiger partial charge >= 0.3 is 0 Å². The summed E-state index contributed by atoms with van der Waals surface area (Å²) in [4.78, 5) is 11.2. The lowest BCUT2D eigenvalue weighted by molar-refractivity contribution is 0.122. The fourth-order valence-corrected chi connectivity index (χ4v) is 2.09. The Bertz CT molecular complexity index is 540. The lowest BCUT2D eigenvalue weighted by Gasteiger charge is -2.27. The van der Waals surface area contributed by atoms with E-state index in [4.69, 9.17) is 16.3 Å². The van der Waals surface area contributed by atoms with Crippen LogP contribution in [0.15, 0.2) is 24.4 Å². The molecule has 4 nitrogen and oxygen atoms in total. The van der Waals surface area contributed by atoms with Gasteiger partial charge in [-0.05, 0) is 18.2 Å². The maximum absolute atomic E-state index is 5.96. The van der Waals surface area contributed by atoms with Crippen LogP contribution in [0, 0.1) is 0 Å². The fourth-order valence-electron chi connectivity index (χ4n) is 1.92. The van der Waals surface area contributed by atoms with Crippen molar-refractivity contribution in [3.05, 3.63) is 29.4 Å². The van der Waals surface area contributed by atoms with Gasteiger partial charge in [0.05, 0.1) is 30.4 Å². The lowest BCUT2D eigenvalue weighted by Crippen LogP contribution is -2.36. The van der Waals surface area contributed by atoms with Crippen molar-refractivity contribution in [2.75, 3.05) is 31.2 Å². The summed E-state index contributed by atoms with van der Waals surface area (Å²) in [6.45, 7) is 3.21. The molecule has 0 saturated carbocycles. The van der Waals surface area contributed by atoms with Crippen LogP contribution in [-0.2, 0) is 4.74 Å². The average Bonchev–Trinajstić information content (AvgIpc) is 2.39. The van der Waals surface area contributed by atoms with Crippen molar-refractivity contribution in [1.29, 1.82) is 0 Å². The highest BCUT2D eigenvalue weighted by molar-refractivity contribution is 6.31. The standard InChI is InChI=1S/C12H12ClN3O/c13-9-1-2-10-11(7-9)15-12(8-14-10)16-3-5-17-6-4-16/h1-2,7-8H,3-6H2. The first-order valence-electron chi connectivity index (χ1n) is 5.58. The summed E-state index contributed by atoms with van der Waals surface area (Å²) in [5.74, 6) is 0.892. The molecule has 5 heteroatoms. The van der Waals surface area contributed by atoms with Crippen LogP contribution in [0.4, 0.5) is 5.82 Å². The van der Waals surface area contributed by atoms with E-state index in [0.717, 1.165) is 43.2 Å². The van der Waals surface area contributed by atoms with Gasteiger partial charge in [-0.25, -0.2) is 4.98 Å². The summed E-state index contributed by atoms with van der Waals surface area (Å²) >= 11 is 5.96. The molecule has 0 unspecified atom stereocenters. The van der Waals surface area contributed by atoms with Crippen LogP contribution in [0.3, 0.4) is 0 Å². The molecule has 0 amide bonds. The number of morpholine rings is 1. The van der Waals surface area contributed by atoms with E-state index in [9.17, 15) is 0 Å². The number of rotatable bonds is 1. The van der Waals surface area contributed by atoms with Crippen molar-refractivity contribution < 1.29 is 4.74 Å². The zero-order chi connectivity index (χ0) is 11.7. The van der Waals surface area contributed by atoms with Crippen molar-refractivity contribution in [3.8, 4) is 0 Å². The second kappa shape index (κ2) is 4.47. The first-order valence-corrected chi connectivity index (χ1v) is 5.96. The molecule has 1 aromatic carbocycles. The predicted octanol–water partition coefficient (Wildman–Crippen LogP) is 2.12. The molecule has 1 fully saturated rings. The molecular formula is C12H12ClN3O. The summed E-state index contributed by atoms with van der Waals surface area (Å²) in [5, 5.41) is 0.686. The number of anilines is 1. The van der Waals surface area contributed by atoms with Crippen molar-refractivity contribution in [1.82, 2.24) is 9.97 Å². The minimum Gasteiger partial charge on any atom is -0.378 e. The van der Waals surface area contributed by atoms with Crippen LogP contribution in [0.25, 0.3) is 11.0 Å². The van der Waals surface area contributed by atoms with E-state index in [1.807, 2.05) is 24.4 Å². The Labute approximate surface area is 104 Å². The van der Waals surface area contributed by atoms with E-state index in [2.05, 4.69) is 14.9 Å². The molecule has 2 heterocycles. The minimum absolute atomic E-state index is 0.686. The van der Waals surface area contributed by atoms with Gasteiger partial charge in [0.15, 0.2) is 0 Å². The first-order chi connectivity index (χ1) is 8.33. The molecule has 3 rings (SSSR count). The quantitative estimate of drug-likeness (QED) is 0.776. The smallest absolute Gasteiger partial charge is 0.148 e. The number of nitrogens with zero attached hydrogens (tertiary/aromatic N) is 3. The minimum atomic E-state index is 0.686. The number of benzene rings is 1. The highest BCUT2D eigenvalue weighted by Gasteiger charge is 2.13. The third-order valence-corrected chi connectivity index (χ3v) is 3.06. The van der Waals surface area contributed by atoms with Crippen molar-refractivity contribution in [3.63, 3.8) is 0 Å². The summed E-state index contributed by atoms with van der Waals surface area (Å²) in [5.41, 5.74) is 1.70. The number of fused-ring (bicyclic) bond motifs is 1. The Morgan fingerprint density at radius 2 is 2.00 bits per heavy atom. The number of hydrogen-bond donors (Lipinski definition) is 0. The molecule has 1 aliphatic rings. The molecule has 0 spiro atoms. The molecule has 1 aromatic heterocycles. The summed E-state index contributed by atoms with van der Waals surface area (Å²) in [7, 11) is 0. The van der Waals surface area contributed by atoms with E-state index < -0.39 is 0 Å². The lowest BCUT2D eigenvalue weighted by atomic mass is 10.3. The second-order valence-electron chi connectivity index (χ2n) is 3.96. The van der Waals surface area contributed by atoms with Gasteiger partial charge in [-0.15, -0.1) is 0 Å². The molecule has 0 radical (unpaired) electrons. The van der Waals surface area contributed by atoms with Crippen molar-refractivity contribution >= 4 is 28.5 Å². The highest BCUT2D eigenvalue weighted by Crippen LogP contribution is 2.19. The molecule has 0 N–H and O–H groups in total. The summed E-state index contributed by atoms with van der Waals surface area (Å²) in [6, 6.07) is 5.55. The largest absolute Gasteiger partial charge is 0.378 e. The molecule has 1 aliphatic heterocycles. The van der Waals surface area contributed by atoms with Gasteiger partial charge in [0, 0.05) is 18.1 Å². The third-order valence-electron chi connectivity index (χ3n) is 2.83. The highest BCUT2D eigenvalue weighted by atomic mass is 35.5. The molecule has 88 valence electrons. The van der Waals surface area contributed by atoms with Gasteiger partial charge in [0.25, 0.3) is 0 Å². The fraction of sp³-hybridized carbons (Fsp3) is 0.333. The van der Waals surface area contributed by atoms with Crippen LogP contribution in [0.2, 0.25) is 5.02 Å². The molecule has 0 bridgehead atoms. The zero-order valence-corrected chi connectivity index (χ0v) is 10.0.